The third-order valence-electron chi connectivity index (χ3n) is 6.64. The van der Waals surface area contributed by atoms with E-state index in [1.165, 1.54) is 6.07 Å². The van der Waals surface area contributed by atoms with Gasteiger partial charge in [0.2, 0.25) is 5.88 Å². The van der Waals surface area contributed by atoms with Crippen molar-refractivity contribution in [3.05, 3.63) is 52.1 Å². The van der Waals surface area contributed by atoms with E-state index in [-0.39, 0.29) is 17.8 Å². The number of piperazine rings is 1. The van der Waals surface area contributed by atoms with Crippen molar-refractivity contribution in [2.24, 2.45) is 0 Å². The quantitative estimate of drug-likeness (QED) is 0.314. The van der Waals surface area contributed by atoms with Gasteiger partial charge in [0.1, 0.15) is 17.5 Å². The van der Waals surface area contributed by atoms with Gasteiger partial charge in [-0.25, -0.2) is 0 Å². The van der Waals surface area contributed by atoms with Crippen molar-refractivity contribution in [1.82, 2.24) is 15.2 Å². The third-order valence-corrected chi connectivity index (χ3v) is 7.11. The van der Waals surface area contributed by atoms with E-state index in [2.05, 4.69) is 25.4 Å². The molecule has 200 valence electrons. The maximum absolute atomic E-state index is 13.3. The second-order valence-electron chi connectivity index (χ2n) is 9.09. The van der Waals surface area contributed by atoms with Crippen LogP contribution in [0.1, 0.15) is 31.2 Å². The molecule has 0 radical (unpaired) electrons. The Labute approximate surface area is 218 Å². The first kappa shape index (κ1) is 26.7. The molecule has 0 atom stereocenters. The average molecular weight is 539 g/mol. The molecular formula is C24H29F3N6O3S. The largest absolute Gasteiger partial charge is 0.474 e. The number of anilines is 2. The fraction of sp³-hybridized carbons (Fsp3) is 0.500. The first-order chi connectivity index (χ1) is 17.6. The number of hydrogen-bond donors (Lipinski definition) is 2. The molecule has 1 aromatic heterocycles. The van der Waals surface area contributed by atoms with E-state index < -0.39 is 22.4 Å². The molecular weight excluding hydrogens is 509 g/mol. The van der Waals surface area contributed by atoms with Gasteiger partial charge in [0.05, 0.1) is 4.92 Å². The highest BCUT2D eigenvalue weighted by molar-refractivity contribution is 7.80. The zero-order valence-corrected chi connectivity index (χ0v) is 21.1. The van der Waals surface area contributed by atoms with E-state index in [1.807, 2.05) is 25.2 Å². The van der Waals surface area contributed by atoms with E-state index in [4.69, 9.17) is 17.0 Å². The van der Waals surface area contributed by atoms with Crippen molar-refractivity contribution in [2.75, 3.05) is 43.4 Å². The number of nitro benzene ring substituents is 1. The summed E-state index contributed by atoms with van der Waals surface area (Å²) in [6.07, 6.45) is -2.05. The van der Waals surface area contributed by atoms with Crippen LogP contribution in [0.25, 0.3) is 0 Å². The first-order valence-electron chi connectivity index (χ1n) is 12.1. The van der Waals surface area contributed by atoms with Crippen LogP contribution in [0.3, 0.4) is 0 Å². The Balaban J connectivity index is 1.30. The molecule has 2 aliphatic rings. The molecule has 2 fully saturated rings. The van der Waals surface area contributed by atoms with Crippen molar-refractivity contribution in [3.63, 3.8) is 0 Å². The maximum atomic E-state index is 13.3. The zero-order chi connectivity index (χ0) is 26.6. The predicted octanol–water partition coefficient (Wildman–Crippen LogP) is 4.44. The molecule has 13 heteroatoms. The summed E-state index contributed by atoms with van der Waals surface area (Å²) in [5.41, 5.74) is -1.99. The van der Waals surface area contributed by atoms with E-state index in [9.17, 15) is 23.3 Å². The number of ether oxygens (including phenoxy) is 1. The van der Waals surface area contributed by atoms with Crippen LogP contribution in [0.2, 0.25) is 0 Å². The number of nitrogens with one attached hydrogen (secondary N) is 2. The molecule has 0 amide bonds. The number of alkyl halides is 3. The molecule has 2 aromatic rings. The fourth-order valence-corrected chi connectivity index (χ4v) is 4.87. The number of pyridine rings is 1. The summed E-state index contributed by atoms with van der Waals surface area (Å²) in [6, 6.07) is 8.67. The lowest BCUT2D eigenvalue weighted by atomic mass is 9.92. The van der Waals surface area contributed by atoms with Crippen LogP contribution < -0.4 is 20.3 Å². The summed E-state index contributed by atoms with van der Waals surface area (Å²) in [4.78, 5) is 19.0. The minimum Gasteiger partial charge on any atom is -0.474 e. The molecule has 9 nitrogen and oxygen atoms in total. The van der Waals surface area contributed by atoms with Gasteiger partial charge in [-0.15, -0.1) is 0 Å². The SMILES string of the molecule is CNC(=S)N1CCN(c2cccc(OC3CCC(Nc4ccc([N+](=O)[O-])c(C(F)(F)F)c4)CC3)n2)CC1. The minimum atomic E-state index is -4.81. The Bertz CT molecular complexity index is 1120. The van der Waals surface area contributed by atoms with Gasteiger partial charge in [-0.3, -0.25) is 10.1 Å². The summed E-state index contributed by atoms with van der Waals surface area (Å²) in [5.74, 6) is 1.40. The third kappa shape index (κ3) is 6.70. The lowest BCUT2D eigenvalue weighted by Crippen LogP contribution is -2.51. The van der Waals surface area contributed by atoms with Gasteiger partial charge in [0, 0.05) is 57.1 Å². The van der Waals surface area contributed by atoms with Crippen molar-refractivity contribution < 1.29 is 22.8 Å². The number of nitrogens with zero attached hydrogens (tertiary/aromatic N) is 4. The van der Waals surface area contributed by atoms with Gasteiger partial charge < -0.3 is 25.2 Å². The van der Waals surface area contributed by atoms with E-state index in [0.29, 0.717) is 31.6 Å². The molecule has 4 rings (SSSR count). The lowest BCUT2D eigenvalue weighted by Gasteiger charge is -2.36. The summed E-state index contributed by atoms with van der Waals surface area (Å²) in [7, 11) is 1.82. The van der Waals surface area contributed by atoms with Crippen LogP contribution >= 0.6 is 12.2 Å². The van der Waals surface area contributed by atoms with Crippen LogP contribution in [0, 0.1) is 10.1 Å². The Morgan fingerprint density at radius 2 is 1.84 bits per heavy atom. The summed E-state index contributed by atoms with van der Waals surface area (Å²) >= 11 is 5.31. The number of thiocarbonyl (C=S) groups is 1. The average Bonchev–Trinajstić information content (AvgIpc) is 2.89. The molecule has 2 heterocycles. The standard InChI is InChI=1S/C24H29F3N6O3S/c1-28-23(37)32-13-11-31(12-14-32)21-3-2-4-22(30-21)36-18-8-5-16(6-9-18)29-17-7-10-20(33(34)35)19(15-17)24(25,26)27/h2-4,7,10,15-16,18,29H,5-6,8-9,11-14H2,1H3,(H,28,37). The van der Waals surface area contributed by atoms with Gasteiger partial charge in [0.25, 0.3) is 5.69 Å². The second kappa shape index (κ2) is 11.4. The first-order valence-corrected chi connectivity index (χ1v) is 12.5. The molecule has 0 unspecified atom stereocenters. The molecule has 2 N–H and O–H groups in total. The van der Waals surface area contributed by atoms with Crippen LogP contribution in [0.4, 0.5) is 30.4 Å². The smallest absolute Gasteiger partial charge is 0.423 e. The second-order valence-corrected chi connectivity index (χ2v) is 9.47. The minimum absolute atomic E-state index is 0.0479. The van der Waals surface area contributed by atoms with Crippen molar-refractivity contribution in [1.29, 1.82) is 0 Å². The molecule has 1 aliphatic carbocycles. The maximum Gasteiger partial charge on any atom is 0.423 e. The number of rotatable bonds is 6. The highest BCUT2D eigenvalue weighted by atomic mass is 32.1. The van der Waals surface area contributed by atoms with Gasteiger partial charge in [-0.05, 0) is 56.1 Å². The molecule has 1 aromatic carbocycles. The Kier molecular flexibility index (Phi) is 8.20. The highest BCUT2D eigenvalue weighted by Crippen LogP contribution is 2.38. The molecule has 1 aliphatic heterocycles. The molecule has 1 saturated carbocycles. The van der Waals surface area contributed by atoms with Gasteiger partial charge in [0.15, 0.2) is 5.11 Å². The number of hydrogen-bond acceptors (Lipinski definition) is 7. The summed E-state index contributed by atoms with van der Waals surface area (Å²) in [6.45, 7) is 3.22. The van der Waals surface area contributed by atoms with Crippen LogP contribution in [0.15, 0.2) is 36.4 Å². The van der Waals surface area contributed by atoms with E-state index in [1.54, 1.807) is 0 Å². The van der Waals surface area contributed by atoms with Crippen molar-refractivity contribution in [2.45, 2.75) is 44.0 Å². The Hall–Kier alpha value is -3.35. The summed E-state index contributed by atoms with van der Waals surface area (Å²) < 4.78 is 45.9. The Morgan fingerprint density at radius 3 is 2.46 bits per heavy atom. The van der Waals surface area contributed by atoms with E-state index >= 15 is 0 Å². The van der Waals surface area contributed by atoms with E-state index in [0.717, 1.165) is 49.2 Å². The lowest BCUT2D eigenvalue weighted by molar-refractivity contribution is -0.388. The van der Waals surface area contributed by atoms with Gasteiger partial charge in [-0.2, -0.15) is 18.2 Å². The Morgan fingerprint density at radius 1 is 1.14 bits per heavy atom. The fourth-order valence-electron chi connectivity index (χ4n) is 4.69. The van der Waals surface area contributed by atoms with Crippen LogP contribution in [-0.4, -0.2) is 65.3 Å². The molecule has 0 spiro atoms. The normalized spacial score (nSPS) is 20.3. The molecule has 1 saturated heterocycles. The number of halogens is 3. The number of aromatic nitrogens is 1. The highest BCUT2D eigenvalue weighted by Gasteiger charge is 2.38. The van der Waals surface area contributed by atoms with Crippen LogP contribution in [0.5, 0.6) is 5.88 Å². The van der Waals surface area contributed by atoms with Gasteiger partial charge in [-0.1, -0.05) is 6.07 Å². The predicted molar refractivity (Wildman–Crippen MR) is 138 cm³/mol. The summed E-state index contributed by atoms with van der Waals surface area (Å²) in [5, 5.41) is 17.8. The topological polar surface area (TPSA) is 95.8 Å². The van der Waals surface area contributed by atoms with Crippen molar-refractivity contribution >= 4 is 34.5 Å². The van der Waals surface area contributed by atoms with Crippen LogP contribution in [-0.2, 0) is 6.18 Å². The number of nitro groups is 1. The monoisotopic (exact) mass is 538 g/mol. The molecule has 0 bridgehead atoms. The van der Waals surface area contributed by atoms with Crippen molar-refractivity contribution in [3.8, 4) is 5.88 Å². The zero-order valence-electron chi connectivity index (χ0n) is 20.3. The number of benzene rings is 1. The van der Waals surface area contributed by atoms with Gasteiger partial charge >= 0.3 is 6.18 Å². The molecule has 37 heavy (non-hydrogen) atoms.